The van der Waals surface area contributed by atoms with Crippen molar-refractivity contribution in [3.63, 3.8) is 0 Å². The number of aryl methyl sites for hydroxylation is 1. The number of fused-ring (bicyclic) bond motifs is 1. The van der Waals surface area contributed by atoms with E-state index in [4.69, 9.17) is 4.98 Å². The fourth-order valence-electron chi connectivity index (χ4n) is 2.99. The van der Waals surface area contributed by atoms with Gasteiger partial charge in [0.1, 0.15) is 5.82 Å². The molecule has 1 heterocycles. The Balaban J connectivity index is 2.03. The number of benzene rings is 2. The first-order valence-corrected chi connectivity index (χ1v) is 8.38. The molecule has 0 aliphatic rings. The first-order chi connectivity index (χ1) is 11.6. The number of nitrogens with zero attached hydrogens (tertiary/aromatic N) is 2. The minimum Gasteiger partial charge on any atom is -0.346 e. The molecule has 124 valence electrons. The largest absolute Gasteiger partial charge is 0.346 e. The van der Waals surface area contributed by atoms with Crippen molar-refractivity contribution in [1.29, 1.82) is 0 Å². The molecule has 1 N–H and O–H groups in total. The van der Waals surface area contributed by atoms with Crippen LogP contribution in [0.25, 0.3) is 11.0 Å². The Morgan fingerprint density at radius 3 is 2.75 bits per heavy atom. The zero-order valence-electron chi connectivity index (χ0n) is 14.4. The van der Waals surface area contributed by atoms with Crippen LogP contribution in [0, 0.1) is 6.92 Å². The molecule has 4 heteroatoms. The molecule has 24 heavy (non-hydrogen) atoms. The maximum absolute atomic E-state index is 11.8. The Morgan fingerprint density at radius 1 is 1.21 bits per heavy atom. The molecule has 1 aromatic heterocycles. The smallest absolute Gasteiger partial charge is 0.220 e. The van der Waals surface area contributed by atoms with Gasteiger partial charge in [-0.25, -0.2) is 4.98 Å². The number of amides is 1. The predicted octanol–water partition coefficient (Wildman–Crippen LogP) is 3.98. The predicted molar refractivity (Wildman–Crippen MR) is 96.9 cm³/mol. The van der Waals surface area contributed by atoms with E-state index >= 15 is 0 Å². The molecule has 0 aliphatic heterocycles. The average molecular weight is 321 g/mol. The van der Waals surface area contributed by atoms with Crippen LogP contribution in [-0.4, -0.2) is 15.5 Å². The van der Waals surface area contributed by atoms with Crippen LogP contribution in [0.1, 0.15) is 43.3 Å². The lowest BCUT2D eigenvalue weighted by Crippen LogP contribution is -2.28. The summed E-state index contributed by atoms with van der Waals surface area (Å²) in [5.41, 5.74) is 4.52. The van der Waals surface area contributed by atoms with Gasteiger partial charge in [-0.2, -0.15) is 0 Å². The molecule has 0 aliphatic carbocycles. The molecule has 0 spiro atoms. The third-order valence-corrected chi connectivity index (χ3v) is 4.19. The molecular weight excluding hydrogens is 298 g/mol. The summed E-state index contributed by atoms with van der Waals surface area (Å²) in [5.74, 6) is 0.927. The molecular formula is C20H23N3O. The van der Waals surface area contributed by atoms with Crippen molar-refractivity contribution in [1.82, 2.24) is 14.9 Å². The van der Waals surface area contributed by atoms with Crippen LogP contribution >= 0.6 is 0 Å². The van der Waals surface area contributed by atoms with E-state index in [0.29, 0.717) is 6.42 Å². The molecule has 0 bridgehead atoms. The van der Waals surface area contributed by atoms with E-state index in [1.165, 1.54) is 11.1 Å². The third-order valence-electron chi connectivity index (χ3n) is 4.19. The van der Waals surface area contributed by atoms with Gasteiger partial charge in [0.15, 0.2) is 0 Å². The number of carbonyl (C=O) groups excluding carboxylic acids is 1. The van der Waals surface area contributed by atoms with Gasteiger partial charge >= 0.3 is 0 Å². The molecule has 4 nitrogen and oxygen atoms in total. The molecule has 3 aromatic rings. The molecule has 3 rings (SSSR count). The van der Waals surface area contributed by atoms with Gasteiger partial charge in [-0.3, -0.25) is 4.79 Å². The highest BCUT2D eigenvalue weighted by Crippen LogP contribution is 2.22. The number of aromatic nitrogens is 2. The number of hydrogen-bond donors (Lipinski definition) is 1. The van der Waals surface area contributed by atoms with Crippen molar-refractivity contribution in [3.8, 4) is 0 Å². The summed E-state index contributed by atoms with van der Waals surface area (Å²) >= 11 is 0. The summed E-state index contributed by atoms with van der Waals surface area (Å²) in [6.45, 7) is 6.68. The third kappa shape index (κ3) is 3.32. The van der Waals surface area contributed by atoms with Crippen LogP contribution in [0.3, 0.4) is 0 Å². The second-order valence-electron chi connectivity index (χ2n) is 6.18. The quantitative estimate of drug-likeness (QED) is 0.772. The van der Waals surface area contributed by atoms with E-state index < -0.39 is 0 Å². The maximum atomic E-state index is 11.8. The van der Waals surface area contributed by atoms with Crippen molar-refractivity contribution in [2.24, 2.45) is 0 Å². The number of carbonyl (C=O) groups is 1. The van der Waals surface area contributed by atoms with Crippen LogP contribution in [0.5, 0.6) is 0 Å². The number of para-hydroxylation sites is 2. The van der Waals surface area contributed by atoms with Crippen LogP contribution in [0.2, 0.25) is 0 Å². The highest BCUT2D eigenvalue weighted by atomic mass is 16.1. The van der Waals surface area contributed by atoms with Crippen molar-refractivity contribution in [2.45, 2.75) is 39.8 Å². The normalized spacial score (nSPS) is 12.3. The number of imidazole rings is 1. The number of hydrogen-bond acceptors (Lipinski definition) is 2. The molecule has 0 fully saturated rings. The lowest BCUT2D eigenvalue weighted by atomic mass is 10.1. The van der Waals surface area contributed by atoms with Gasteiger partial charge in [-0.05, 0) is 31.5 Å². The Bertz CT molecular complexity index is 866. The average Bonchev–Trinajstić information content (AvgIpc) is 2.93. The van der Waals surface area contributed by atoms with Gasteiger partial charge in [0, 0.05) is 13.0 Å². The zero-order valence-corrected chi connectivity index (χ0v) is 14.4. The summed E-state index contributed by atoms with van der Waals surface area (Å²) < 4.78 is 2.20. The Labute approximate surface area is 142 Å². The topological polar surface area (TPSA) is 46.9 Å². The SMILES string of the molecule is CCC(=O)NC(C)c1nc2ccccc2n1Cc1cccc(C)c1. The van der Waals surface area contributed by atoms with Gasteiger partial charge in [-0.1, -0.05) is 48.9 Å². The summed E-state index contributed by atoms with van der Waals surface area (Å²) in [5, 5.41) is 3.02. The summed E-state index contributed by atoms with van der Waals surface area (Å²) in [7, 11) is 0. The van der Waals surface area contributed by atoms with E-state index in [0.717, 1.165) is 23.4 Å². The second kappa shape index (κ2) is 6.87. The van der Waals surface area contributed by atoms with Gasteiger partial charge in [-0.15, -0.1) is 0 Å². The zero-order chi connectivity index (χ0) is 17.1. The first kappa shape index (κ1) is 16.2. The Kier molecular flexibility index (Phi) is 4.65. The number of rotatable bonds is 5. The highest BCUT2D eigenvalue weighted by Gasteiger charge is 2.18. The molecule has 0 saturated heterocycles. The summed E-state index contributed by atoms with van der Waals surface area (Å²) in [6, 6.07) is 16.5. The summed E-state index contributed by atoms with van der Waals surface area (Å²) in [6.07, 6.45) is 0.475. The van der Waals surface area contributed by atoms with E-state index in [9.17, 15) is 4.79 Å². The lowest BCUT2D eigenvalue weighted by Gasteiger charge is -2.16. The van der Waals surface area contributed by atoms with Crippen molar-refractivity contribution >= 4 is 16.9 Å². The van der Waals surface area contributed by atoms with Crippen molar-refractivity contribution in [3.05, 3.63) is 65.5 Å². The Morgan fingerprint density at radius 2 is 2.00 bits per heavy atom. The number of nitrogens with one attached hydrogen (secondary N) is 1. The van der Waals surface area contributed by atoms with Crippen LogP contribution in [-0.2, 0) is 11.3 Å². The standard InChI is InChI=1S/C20H23N3O/c1-4-19(24)21-15(3)20-22-17-10-5-6-11-18(17)23(20)13-16-9-7-8-14(2)12-16/h5-12,15H,4,13H2,1-3H3,(H,21,24). The molecule has 0 saturated carbocycles. The van der Waals surface area contributed by atoms with E-state index in [-0.39, 0.29) is 11.9 Å². The van der Waals surface area contributed by atoms with E-state index in [2.05, 4.69) is 47.1 Å². The van der Waals surface area contributed by atoms with Crippen molar-refractivity contribution < 1.29 is 4.79 Å². The first-order valence-electron chi connectivity index (χ1n) is 8.38. The summed E-state index contributed by atoms with van der Waals surface area (Å²) in [4.78, 5) is 16.5. The van der Waals surface area contributed by atoms with Gasteiger partial charge in [0.05, 0.1) is 17.1 Å². The van der Waals surface area contributed by atoms with E-state index in [1.54, 1.807) is 0 Å². The van der Waals surface area contributed by atoms with Gasteiger partial charge in [0.25, 0.3) is 0 Å². The molecule has 0 radical (unpaired) electrons. The van der Waals surface area contributed by atoms with Gasteiger partial charge in [0.2, 0.25) is 5.91 Å². The fourth-order valence-corrected chi connectivity index (χ4v) is 2.99. The fraction of sp³-hybridized carbons (Fsp3) is 0.300. The molecule has 2 aromatic carbocycles. The van der Waals surface area contributed by atoms with Crippen LogP contribution < -0.4 is 5.32 Å². The lowest BCUT2D eigenvalue weighted by molar-refractivity contribution is -0.121. The maximum Gasteiger partial charge on any atom is 0.220 e. The monoisotopic (exact) mass is 321 g/mol. The highest BCUT2D eigenvalue weighted by molar-refractivity contribution is 5.78. The van der Waals surface area contributed by atoms with Crippen LogP contribution in [0.4, 0.5) is 0 Å². The minimum absolute atomic E-state index is 0.0386. The molecule has 1 atom stereocenters. The molecule has 1 amide bonds. The molecule has 1 unspecified atom stereocenters. The second-order valence-corrected chi connectivity index (χ2v) is 6.18. The minimum atomic E-state index is -0.130. The Hall–Kier alpha value is -2.62. The van der Waals surface area contributed by atoms with Crippen molar-refractivity contribution in [2.75, 3.05) is 0 Å². The van der Waals surface area contributed by atoms with Crippen LogP contribution in [0.15, 0.2) is 48.5 Å². The van der Waals surface area contributed by atoms with Gasteiger partial charge < -0.3 is 9.88 Å². The van der Waals surface area contributed by atoms with E-state index in [1.807, 2.05) is 32.0 Å².